The van der Waals surface area contributed by atoms with Gasteiger partial charge in [-0.05, 0) is 36.4 Å². The third kappa shape index (κ3) is 3.57. The maximum atomic E-state index is 12.1. The number of nitrogens with one attached hydrogen (secondary N) is 3. The number of aromatic nitrogens is 1. The number of amides is 2. The Bertz CT molecular complexity index is 852. The van der Waals surface area contributed by atoms with E-state index in [0.29, 0.717) is 17.2 Å². The van der Waals surface area contributed by atoms with Crippen LogP contribution in [0.2, 0.25) is 0 Å². The van der Waals surface area contributed by atoms with Gasteiger partial charge in [-0.3, -0.25) is 9.59 Å². The Morgan fingerprint density at radius 3 is 2.83 bits per heavy atom. The number of benzene rings is 1. The lowest BCUT2D eigenvalue weighted by molar-refractivity contribution is -0.120. The number of methoxy groups -OCH3 is 1. The van der Waals surface area contributed by atoms with Gasteiger partial charge in [-0.15, -0.1) is 0 Å². The van der Waals surface area contributed by atoms with E-state index in [1.165, 1.54) is 6.26 Å². The van der Waals surface area contributed by atoms with Crippen LogP contribution in [0.3, 0.4) is 0 Å². The molecule has 0 bridgehead atoms. The Morgan fingerprint density at radius 1 is 1.21 bits per heavy atom. The molecule has 2 aromatic heterocycles. The molecule has 24 heavy (non-hydrogen) atoms. The van der Waals surface area contributed by atoms with Crippen molar-refractivity contribution < 1.29 is 18.7 Å². The Hall–Kier alpha value is -3.22. The van der Waals surface area contributed by atoms with Crippen LogP contribution in [0.1, 0.15) is 16.2 Å². The van der Waals surface area contributed by atoms with E-state index >= 15 is 0 Å². The third-order valence-electron chi connectivity index (χ3n) is 3.52. The minimum absolute atomic E-state index is 0.113. The van der Waals surface area contributed by atoms with Gasteiger partial charge in [-0.1, -0.05) is 0 Å². The zero-order valence-corrected chi connectivity index (χ0v) is 13.1. The molecule has 0 spiro atoms. The zero-order valence-electron chi connectivity index (χ0n) is 13.1. The average Bonchev–Trinajstić information content (AvgIpc) is 3.26. The lowest BCUT2D eigenvalue weighted by Gasteiger charge is -2.04. The first kappa shape index (κ1) is 15.7. The molecular weight excluding hydrogens is 310 g/mol. The highest BCUT2D eigenvalue weighted by Crippen LogP contribution is 2.21. The van der Waals surface area contributed by atoms with Gasteiger partial charge in [-0.2, -0.15) is 0 Å². The summed E-state index contributed by atoms with van der Waals surface area (Å²) in [5.74, 6) is 0.723. The first-order valence-electron chi connectivity index (χ1n) is 7.40. The molecule has 2 amide bonds. The molecule has 0 saturated heterocycles. The molecule has 7 heteroatoms. The summed E-state index contributed by atoms with van der Waals surface area (Å²) in [6, 6.07) is 10.7. The summed E-state index contributed by atoms with van der Waals surface area (Å²) in [6.45, 7) is 0.173. The van der Waals surface area contributed by atoms with Crippen LogP contribution in [0.25, 0.3) is 10.9 Å². The molecule has 0 aliphatic rings. The Labute approximate surface area is 138 Å². The van der Waals surface area contributed by atoms with Crippen molar-refractivity contribution in [3.63, 3.8) is 0 Å². The van der Waals surface area contributed by atoms with Gasteiger partial charge in [0.2, 0.25) is 5.91 Å². The van der Waals surface area contributed by atoms with E-state index in [9.17, 15) is 9.59 Å². The lowest BCUT2D eigenvalue weighted by Crippen LogP contribution is -2.36. The summed E-state index contributed by atoms with van der Waals surface area (Å²) in [4.78, 5) is 26.9. The number of aromatic amines is 1. The van der Waals surface area contributed by atoms with Gasteiger partial charge in [0.15, 0.2) is 0 Å². The molecule has 0 aliphatic heterocycles. The molecule has 0 aliphatic carbocycles. The van der Waals surface area contributed by atoms with Gasteiger partial charge in [0.05, 0.1) is 26.5 Å². The molecule has 7 nitrogen and oxygen atoms in total. The third-order valence-corrected chi connectivity index (χ3v) is 3.52. The largest absolute Gasteiger partial charge is 0.497 e. The summed E-state index contributed by atoms with van der Waals surface area (Å²) in [5.41, 5.74) is 1.21. The van der Waals surface area contributed by atoms with Gasteiger partial charge in [0.1, 0.15) is 17.2 Å². The number of H-pyrrole nitrogens is 1. The van der Waals surface area contributed by atoms with Crippen LogP contribution in [-0.4, -0.2) is 30.5 Å². The predicted molar refractivity (Wildman–Crippen MR) is 87.7 cm³/mol. The van der Waals surface area contributed by atoms with Crippen LogP contribution < -0.4 is 15.4 Å². The van der Waals surface area contributed by atoms with Crippen LogP contribution in [0, 0.1) is 0 Å². The van der Waals surface area contributed by atoms with Crippen molar-refractivity contribution in [3.05, 3.63) is 54.1 Å². The minimum Gasteiger partial charge on any atom is -0.497 e. The molecular formula is C17H17N3O4. The smallest absolute Gasteiger partial charge is 0.268 e. The second kappa shape index (κ2) is 6.91. The molecule has 0 radical (unpaired) electrons. The van der Waals surface area contributed by atoms with Crippen molar-refractivity contribution in [1.82, 2.24) is 15.6 Å². The number of furan rings is 1. The first-order valence-corrected chi connectivity index (χ1v) is 7.40. The summed E-state index contributed by atoms with van der Waals surface area (Å²) >= 11 is 0. The maximum absolute atomic E-state index is 12.1. The number of hydrogen-bond donors (Lipinski definition) is 3. The number of hydrogen-bond acceptors (Lipinski definition) is 4. The SMILES string of the molecule is COc1ccc2[nH]c(C(=O)NCC(=O)NCc3ccco3)cc2c1. The molecule has 0 fully saturated rings. The van der Waals surface area contributed by atoms with Gasteiger partial charge in [0.25, 0.3) is 5.91 Å². The molecule has 124 valence electrons. The summed E-state index contributed by atoms with van der Waals surface area (Å²) in [5, 5.41) is 6.10. The van der Waals surface area contributed by atoms with Crippen molar-refractivity contribution >= 4 is 22.7 Å². The minimum atomic E-state index is -0.349. The van der Waals surface area contributed by atoms with Crippen molar-refractivity contribution in [3.8, 4) is 5.75 Å². The first-order chi connectivity index (χ1) is 11.7. The van der Waals surface area contributed by atoms with Gasteiger partial charge in [-0.25, -0.2) is 0 Å². The summed E-state index contributed by atoms with van der Waals surface area (Å²) in [7, 11) is 1.59. The molecule has 3 aromatic rings. The fraction of sp³-hybridized carbons (Fsp3) is 0.176. The van der Waals surface area contributed by atoms with Crippen LogP contribution in [0.4, 0.5) is 0 Å². The Morgan fingerprint density at radius 2 is 2.08 bits per heavy atom. The van der Waals surface area contributed by atoms with Crippen molar-refractivity contribution in [2.75, 3.05) is 13.7 Å². The van der Waals surface area contributed by atoms with E-state index in [1.54, 1.807) is 25.3 Å². The lowest BCUT2D eigenvalue weighted by atomic mass is 10.2. The van der Waals surface area contributed by atoms with E-state index in [-0.39, 0.29) is 24.9 Å². The highest BCUT2D eigenvalue weighted by atomic mass is 16.5. The van der Waals surface area contributed by atoms with E-state index in [1.807, 2.05) is 18.2 Å². The zero-order chi connectivity index (χ0) is 16.9. The average molecular weight is 327 g/mol. The fourth-order valence-corrected chi connectivity index (χ4v) is 2.28. The second-order valence-electron chi connectivity index (χ2n) is 5.17. The maximum Gasteiger partial charge on any atom is 0.268 e. The summed E-state index contributed by atoms with van der Waals surface area (Å²) < 4.78 is 10.3. The topological polar surface area (TPSA) is 96.4 Å². The normalized spacial score (nSPS) is 10.5. The highest BCUT2D eigenvalue weighted by molar-refractivity contribution is 5.99. The van der Waals surface area contributed by atoms with Gasteiger partial charge >= 0.3 is 0 Å². The van der Waals surface area contributed by atoms with E-state index in [4.69, 9.17) is 9.15 Å². The highest BCUT2D eigenvalue weighted by Gasteiger charge is 2.11. The second-order valence-corrected chi connectivity index (χ2v) is 5.17. The number of carbonyl (C=O) groups is 2. The van der Waals surface area contributed by atoms with Crippen LogP contribution in [-0.2, 0) is 11.3 Å². The van der Waals surface area contributed by atoms with Crippen LogP contribution in [0.15, 0.2) is 47.1 Å². The Balaban J connectivity index is 1.55. The standard InChI is InChI=1S/C17H17N3O4/c1-23-12-4-5-14-11(7-12)8-15(20-14)17(22)19-10-16(21)18-9-13-3-2-6-24-13/h2-8,20H,9-10H2,1H3,(H,18,21)(H,19,22). The number of rotatable bonds is 6. The molecule has 1 aromatic carbocycles. The van der Waals surface area contributed by atoms with E-state index < -0.39 is 0 Å². The number of ether oxygens (including phenoxy) is 1. The molecule has 2 heterocycles. The van der Waals surface area contributed by atoms with Crippen molar-refractivity contribution in [2.24, 2.45) is 0 Å². The van der Waals surface area contributed by atoms with Crippen LogP contribution >= 0.6 is 0 Å². The monoisotopic (exact) mass is 327 g/mol. The number of fused-ring (bicyclic) bond motifs is 1. The molecule has 0 saturated carbocycles. The van der Waals surface area contributed by atoms with Gasteiger partial charge < -0.3 is 24.8 Å². The quantitative estimate of drug-likeness (QED) is 0.643. The Kier molecular flexibility index (Phi) is 4.51. The fourth-order valence-electron chi connectivity index (χ4n) is 2.28. The predicted octanol–water partition coefficient (Wildman–Crippen LogP) is 1.82. The van der Waals surface area contributed by atoms with Gasteiger partial charge in [0, 0.05) is 10.9 Å². The van der Waals surface area contributed by atoms with Crippen molar-refractivity contribution in [2.45, 2.75) is 6.54 Å². The van der Waals surface area contributed by atoms with E-state index in [0.717, 1.165) is 10.9 Å². The van der Waals surface area contributed by atoms with E-state index in [2.05, 4.69) is 15.6 Å². The molecule has 0 unspecified atom stereocenters. The molecule has 3 rings (SSSR count). The summed E-state index contributed by atoms with van der Waals surface area (Å²) in [6.07, 6.45) is 1.54. The number of carbonyl (C=O) groups excluding carboxylic acids is 2. The molecule has 3 N–H and O–H groups in total. The van der Waals surface area contributed by atoms with Crippen LogP contribution in [0.5, 0.6) is 5.75 Å². The molecule has 0 atom stereocenters. The van der Waals surface area contributed by atoms with Crippen molar-refractivity contribution in [1.29, 1.82) is 0 Å².